The fourth-order valence-electron chi connectivity index (χ4n) is 1.57. The molecule has 2 heteroatoms. The van der Waals surface area contributed by atoms with E-state index in [4.69, 9.17) is 0 Å². The molecule has 0 amide bonds. The van der Waals surface area contributed by atoms with Crippen LogP contribution in [0.4, 0.5) is 0 Å². The molecular weight excluding hydrogens is 102 g/mol. The minimum atomic E-state index is 0.356. The Morgan fingerprint density at radius 1 is 1.62 bits per heavy atom. The lowest BCUT2D eigenvalue weighted by atomic mass is 10.0. The number of carbonyl (C=O) groups is 1. The largest absolute Gasteiger partial charge is 0.296 e. The van der Waals surface area contributed by atoms with Gasteiger partial charge in [0.25, 0.3) is 0 Å². The van der Waals surface area contributed by atoms with Gasteiger partial charge < -0.3 is 0 Å². The molecule has 0 bridgehead atoms. The van der Waals surface area contributed by atoms with E-state index < -0.39 is 0 Å². The molecule has 0 aromatic heterocycles. The normalized spacial score (nSPS) is 37.0. The van der Waals surface area contributed by atoms with Crippen LogP contribution in [0.2, 0.25) is 0 Å². The second-order valence-corrected chi connectivity index (χ2v) is 2.59. The minimum absolute atomic E-state index is 0.356. The first-order valence-corrected chi connectivity index (χ1v) is 3.15. The number of fused-ring (bicyclic) bond motifs is 1. The van der Waals surface area contributed by atoms with Gasteiger partial charge in [0, 0.05) is 0 Å². The van der Waals surface area contributed by atoms with Gasteiger partial charge in [-0.3, -0.25) is 9.69 Å². The van der Waals surface area contributed by atoms with Crippen molar-refractivity contribution in [2.75, 3.05) is 13.1 Å². The quantitative estimate of drug-likeness (QED) is 0.439. The third kappa shape index (κ3) is 0.388. The maximum atomic E-state index is 10.7. The molecule has 2 saturated heterocycles. The highest BCUT2D eigenvalue weighted by Gasteiger charge is 2.39. The first kappa shape index (κ1) is 4.50. The molecule has 2 aliphatic rings. The fraction of sp³-hybridized carbons (Fsp3) is 0.833. The third-order valence-electron chi connectivity index (χ3n) is 2.09. The maximum Gasteiger partial charge on any atom is 0.163 e. The zero-order valence-corrected chi connectivity index (χ0v) is 4.76. The van der Waals surface area contributed by atoms with Gasteiger partial charge in [-0.2, -0.15) is 0 Å². The van der Waals surface area contributed by atoms with Gasteiger partial charge in [-0.05, 0) is 19.4 Å². The highest BCUT2D eigenvalue weighted by Crippen LogP contribution is 2.24. The van der Waals surface area contributed by atoms with Crippen LogP contribution in [-0.4, -0.2) is 29.8 Å². The van der Waals surface area contributed by atoms with Crippen molar-refractivity contribution in [2.45, 2.75) is 18.9 Å². The van der Waals surface area contributed by atoms with Gasteiger partial charge >= 0.3 is 0 Å². The van der Waals surface area contributed by atoms with Crippen molar-refractivity contribution in [3.63, 3.8) is 0 Å². The molecule has 2 rings (SSSR count). The molecule has 0 N–H and O–H groups in total. The molecule has 1 unspecified atom stereocenters. The summed E-state index contributed by atoms with van der Waals surface area (Å²) in [4.78, 5) is 12.9. The second-order valence-electron chi connectivity index (χ2n) is 2.59. The summed E-state index contributed by atoms with van der Waals surface area (Å²) in [6.45, 7) is 1.90. The molecule has 0 aliphatic carbocycles. The van der Waals surface area contributed by atoms with E-state index in [0.29, 0.717) is 11.8 Å². The second kappa shape index (κ2) is 1.32. The monoisotopic (exact) mass is 111 g/mol. The molecule has 0 radical (unpaired) electrons. The number of ketones is 1. The smallest absolute Gasteiger partial charge is 0.163 e. The summed E-state index contributed by atoms with van der Waals surface area (Å²) in [5.74, 6) is 0.461. The average molecular weight is 111 g/mol. The molecule has 2 nitrogen and oxygen atoms in total. The Hall–Kier alpha value is -0.370. The summed E-state index contributed by atoms with van der Waals surface area (Å²) in [5, 5.41) is 0. The molecule has 0 aromatic rings. The van der Waals surface area contributed by atoms with Crippen LogP contribution < -0.4 is 0 Å². The van der Waals surface area contributed by atoms with Crippen LogP contribution in [0, 0.1) is 0 Å². The zero-order valence-electron chi connectivity index (χ0n) is 4.76. The van der Waals surface area contributed by atoms with Gasteiger partial charge in [0.2, 0.25) is 0 Å². The molecule has 0 saturated carbocycles. The van der Waals surface area contributed by atoms with Crippen LogP contribution in [0.25, 0.3) is 0 Å². The summed E-state index contributed by atoms with van der Waals surface area (Å²) < 4.78 is 0. The predicted molar refractivity (Wildman–Crippen MR) is 29.6 cm³/mol. The van der Waals surface area contributed by atoms with Crippen LogP contribution in [0.1, 0.15) is 12.8 Å². The molecular formula is C6H9NO. The maximum absolute atomic E-state index is 10.7. The SMILES string of the molecule is O=C1CN2CCCC12. The molecule has 44 valence electrons. The fourth-order valence-corrected chi connectivity index (χ4v) is 1.57. The van der Waals surface area contributed by atoms with Crippen molar-refractivity contribution in [2.24, 2.45) is 0 Å². The summed E-state index contributed by atoms with van der Waals surface area (Å²) in [7, 11) is 0. The van der Waals surface area contributed by atoms with E-state index in [2.05, 4.69) is 4.90 Å². The van der Waals surface area contributed by atoms with Gasteiger partial charge in [0.05, 0.1) is 12.6 Å². The molecule has 2 fully saturated rings. The van der Waals surface area contributed by atoms with Crippen molar-refractivity contribution in [3.05, 3.63) is 0 Å². The Kier molecular flexibility index (Phi) is 0.742. The predicted octanol–water partition coefficient (Wildman–Crippen LogP) is 0.0335. The van der Waals surface area contributed by atoms with Crippen LogP contribution in [-0.2, 0) is 4.79 Å². The molecule has 8 heavy (non-hydrogen) atoms. The van der Waals surface area contributed by atoms with Crippen molar-refractivity contribution in [3.8, 4) is 0 Å². The van der Waals surface area contributed by atoms with Gasteiger partial charge in [-0.15, -0.1) is 0 Å². The van der Waals surface area contributed by atoms with E-state index in [1.54, 1.807) is 0 Å². The van der Waals surface area contributed by atoms with Crippen LogP contribution in [0.5, 0.6) is 0 Å². The van der Waals surface area contributed by atoms with Crippen molar-refractivity contribution in [1.82, 2.24) is 4.90 Å². The Balaban J connectivity index is 2.11. The van der Waals surface area contributed by atoms with Gasteiger partial charge in [0.15, 0.2) is 5.78 Å². The Bertz CT molecular complexity index is 132. The Morgan fingerprint density at radius 2 is 2.50 bits per heavy atom. The lowest BCUT2D eigenvalue weighted by Crippen LogP contribution is -2.52. The molecule has 2 aliphatic heterocycles. The first-order chi connectivity index (χ1) is 3.88. The van der Waals surface area contributed by atoms with E-state index in [1.807, 2.05) is 0 Å². The zero-order chi connectivity index (χ0) is 5.56. The highest BCUT2D eigenvalue weighted by molar-refractivity contribution is 5.91. The van der Waals surface area contributed by atoms with Crippen LogP contribution in [0.15, 0.2) is 0 Å². The Labute approximate surface area is 48.5 Å². The lowest BCUT2D eigenvalue weighted by molar-refractivity contribution is -0.133. The first-order valence-electron chi connectivity index (χ1n) is 3.15. The van der Waals surface area contributed by atoms with Crippen molar-refractivity contribution >= 4 is 5.78 Å². The number of hydrogen-bond donors (Lipinski definition) is 0. The van der Waals surface area contributed by atoms with E-state index in [0.717, 1.165) is 19.5 Å². The number of hydrogen-bond acceptors (Lipinski definition) is 2. The number of nitrogens with zero attached hydrogens (tertiary/aromatic N) is 1. The summed E-state index contributed by atoms with van der Waals surface area (Å²) in [6, 6.07) is 0.356. The standard InChI is InChI=1S/C6H9NO/c8-6-4-7-3-1-2-5(6)7/h5H,1-4H2. The van der Waals surface area contributed by atoms with Crippen LogP contribution in [0.3, 0.4) is 0 Å². The topological polar surface area (TPSA) is 20.3 Å². The van der Waals surface area contributed by atoms with Gasteiger partial charge in [-0.1, -0.05) is 0 Å². The number of Topliss-reactive ketones (excluding diaryl/α,β-unsaturated/α-hetero) is 1. The molecule has 0 spiro atoms. The summed E-state index contributed by atoms with van der Waals surface area (Å²) in [6.07, 6.45) is 2.36. The van der Waals surface area contributed by atoms with E-state index in [9.17, 15) is 4.79 Å². The van der Waals surface area contributed by atoms with E-state index in [1.165, 1.54) is 6.42 Å². The molecule has 0 aromatic carbocycles. The molecule has 1 atom stereocenters. The van der Waals surface area contributed by atoms with Crippen molar-refractivity contribution in [1.29, 1.82) is 0 Å². The summed E-state index contributed by atoms with van der Waals surface area (Å²) >= 11 is 0. The minimum Gasteiger partial charge on any atom is -0.296 e. The number of rotatable bonds is 0. The van der Waals surface area contributed by atoms with Gasteiger partial charge in [-0.25, -0.2) is 0 Å². The Morgan fingerprint density at radius 3 is 3.00 bits per heavy atom. The average Bonchev–Trinajstić information content (AvgIpc) is 2.09. The lowest BCUT2D eigenvalue weighted by Gasteiger charge is -2.32. The van der Waals surface area contributed by atoms with E-state index in [-0.39, 0.29) is 0 Å². The third-order valence-corrected chi connectivity index (χ3v) is 2.09. The van der Waals surface area contributed by atoms with Gasteiger partial charge in [0.1, 0.15) is 0 Å². The van der Waals surface area contributed by atoms with Crippen LogP contribution >= 0.6 is 0 Å². The molecule has 2 heterocycles. The van der Waals surface area contributed by atoms with E-state index >= 15 is 0 Å². The van der Waals surface area contributed by atoms with Crippen molar-refractivity contribution < 1.29 is 4.79 Å². The summed E-state index contributed by atoms with van der Waals surface area (Å²) in [5.41, 5.74) is 0. The number of carbonyl (C=O) groups excluding carboxylic acids is 1. The highest BCUT2D eigenvalue weighted by atomic mass is 16.1.